The van der Waals surface area contributed by atoms with Gasteiger partial charge in [-0.15, -0.1) is 0 Å². The maximum Gasteiger partial charge on any atom is 0.481 e. The second-order valence-corrected chi connectivity index (χ2v) is 16.0. The van der Waals surface area contributed by atoms with Crippen LogP contribution in [0.15, 0.2) is 61.4 Å². The third-order valence-corrected chi connectivity index (χ3v) is 11.3. The lowest BCUT2D eigenvalue weighted by molar-refractivity contribution is -0.765. The van der Waals surface area contributed by atoms with E-state index in [1.54, 1.807) is 30.3 Å². The molecule has 24 nitrogen and oxygen atoms in total. The first kappa shape index (κ1) is 40.0. The first-order chi connectivity index (χ1) is 25.3. The summed E-state index contributed by atoms with van der Waals surface area (Å²) in [7, 11) is -16.4. The van der Waals surface area contributed by atoms with Gasteiger partial charge in [-0.1, -0.05) is 30.3 Å². The largest absolute Gasteiger partial charge is 0.481 e. The van der Waals surface area contributed by atoms with E-state index in [-0.39, 0.29) is 22.5 Å². The van der Waals surface area contributed by atoms with Crippen LogP contribution in [0, 0.1) is 0 Å². The molecule has 10 atom stereocenters. The highest BCUT2D eigenvalue weighted by molar-refractivity contribution is 7.61. The number of aromatic nitrogens is 5. The van der Waals surface area contributed by atoms with Crippen molar-refractivity contribution in [1.29, 1.82) is 0 Å². The van der Waals surface area contributed by atoms with Crippen molar-refractivity contribution in [2.24, 2.45) is 0 Å². The summed E-state index contributed by atoms with van der Waals surface area (Å²) in [5.74, 6) is -1.37. The molecule has 27 heteroatoms. The quantitative estimate of drug-likeness (QED) is 0.0564. The van der Waals surface area contributed by atoms with Crippen LogP contribution in [0.25, 0.3) is 22.3 Å². The summed E-state index contributed by atoms with van der Waals surface area (Å²) in [6.45, 7) is -2.09. The number of nitrogens with zero attached hydrogens (tertiary/aromatic N) is 5. The molecule has 0 saturated carbocycles. The molecule has 10 N–H and O–H groups in total. The number of hydrogen-bond donors (Lipinski definition) is 9. The van der Waals surface area contributed by atoms with E-state index in [4.69, 9.17) is 28.8 Å². The molecule has 54 heavy (non-hydrogen) atoms. The van der Waals surface area contributed by atoms with E-state index >= 15 is 0 Å². The van der Waals surface area contributed by atoms with Crippen LogP contribution in [0.2, 0.25) is 0 Å². The van der Waals surface area contributed by atoms with Gasteiger partial charge in [-0.2, -0.15) is 8.88 Å². The minimum Gasteiger partial charge on any atom is -0.477 e. The zero-order chi connectivity index (χ0) is 39.2. The number of carbonyl (C=O) groups is 1. The van der Waals surface area contributed by atoms with Crippen LogP contribution >= 0.6 is 23.5 Å². The summed E-state index contributed by atoms with van der Waals surface area (Å²) >= 11 is 0. The molecular weight excluding hydrogens is 789 g/mol. The summed E-state index contributed by atoms with van der Waals surface area (Å²) in [4.78, 5) is 63.1. The molecule has 2 aliphatic rings. The Hall–Kier alpha value is -3.64. The van der Waals surface area contributed by atoms with Crippen LogP contribution in [-0.2, 0) is 41.1 Å². The Kier molecular flexibility index (Phi) is 11.5. The Balaban J connectivity index is 1.08. The molecule has 0 spiro atoms. The van der Waals surface area contributed by atoms with Crippen molar-refractivity contribution in [2.75, 3.05) is 18.9 Å². The lowest BCUT2D eigenvalue weighted by atomic mass is 10.0. The summed E-state index contributed by atoms with van der Waals surface area (Å²) in [5.41, 5.74) is 6.58. The Morgan fingerprint density at radius 3 is 2.17 bits per heavy atom. The standard InChI is InChI=1S/C27H31N6O18P3/c28-23-18-24(30-11-29-23)33(12-31-18)26-22(50-52(39,40)41)20(35)17(49-26)10-47-54(44,45)51-53(42,43)46-9-16-19(34)21(36)25(48-16)32-7-6-14(15(8-32)27(37)38)13-4-2-1-3-5-13/h1-8,11-12,16-17,19-22,25-26,34-36H,9-10H2,(H6-,28,29,30,37,38,39,40,41,42,43,44,45)/p+1/t16-,17-,19-,20-,21-,22-,25-,26-/m1/s1. The van der Waals surface area contributed by atoms with Crippen LogP contribution in [-0.4, -0.2) is 115 Å². The normalized spacial score (nSPS) is 28.2. The Labute approximate surface area is 302 Å². The van der Waals surface area contributed by atoms with E-state index in [1.807, 2.05) is 0 Å². The number of ether oxygens (including phenoxy) is 2. The van der Waals surface area contributed by atoms with E-state index in [1.165, 1.54) is 12.3 Å². The fourth-order valence-corrected chi connectivity index (χ4v) is 8.38. The van der Waals surface area contributed by atoms with Gasteiger partial charge in [0.05, 0.1) is 19.5 Å². The lowest BCUT2D eigenvalue weighted by Gasteiger charge is -2.22. The molecule has 5 heterocycles. The van der Waals surface area contributed by atoms with Gasteiger partial charge in [-0.25, -0.2) is 33.4 Å². The van der Waals surface area contributed by atoms with Gasteiger partial charge in [0.1, 0.15) is 47.9 Å². The number of aliphatic hydroxyl groups excluding tert-OH is 3. The number of benzene rings is 1. The van der Waals surface area contributed by atoms with Crippen molar-refractivity contribution in [3.05, 3.63) is 67.0 Å². The number of pyridine rings is 1. The molecule has 2 unspecified atom stereocenters. The molecule has 3 aromatic heterocycles. The summed E-state index contributed by atoms with van der Waals surface area (Å²) in [5, 5.41) is 41.9. The average molecular weight is 821 g/mol. The van der Waals surface area contributed by atoms with Gasteiger partial charge in [0, 0.05) is 11.6 Å². The number of imidazole rings is 1. The average Bonchev–Trinajstić information content (AvgIpc) is 3.75. The summed E-state index contributed by atoms with van der Waals surface area (Å²) < 4.78 is 68.9. The monoisotopic (exact) mass is 821 g/mol. The first-order valence-corrected chi connectivity index (χ1v) is 19.9. The number of nitrogen functional groups attached to an aromatic ring is 1. The van der Waals surface area contributed by atoms with Gasteiger partial charge < -0.3 is 55.2 Å². The molecule has 4 aromatic rings. The number of carboxylic acid groups (broad SMARTS) is 1. The number of nitrogens with two attached hydrogens (primary N) is 1. The Morgan fingerprint density at radius 1 is 0.889 bits per heavy atom. The number of hydrogen-bond acceptors (Lipinski definition) is 17. The first-order valence-electron chi connectivity index (χ1n) is 15.4. The van der Waals surface area contributed by atoms with Crippen molar-refractivity contribution in [2.45, 2.75) is 49.1 Å². The third kappa shape index (κ3) is 8.75. The third-order valence-electron chi connectivity index (χ3n) is 8.17. The number of aliphatic hydroxyl groups is 3. The molecule has 2 saturated heterocycles. The summed E-state index contributed by atoms with van der Waals surface area (Å²) in [6.07, 6.45) is -8.84. The van der Waals surface area contributed by atoms with Crippen LogP contribution in [0.1, 0.15) is 22.8 Å². The number of carboxylic acids is 1. The smallest absolute Gasteiger partial charge is 0.477 e. The van der Waals surface area contributed by atoms with Crippen LogP contribution in [0.5, 0.6) is 0 Å². The van der Waals surface area contributed by atoms with Crippen LogP contribution in [0.3, 0.4) is 0 Å². The predicted molar refractivity (Wildman–Crippen MR) is 174 cm³/mol. The highest BCUT2D eigenvalue weighted by atomic mass is 31.3. The topological polar surface area (TPSA) is 359 Å². The minimum absolute atomic E-state index is 0.00474. The fraction of sp³-hybridized carbons (Fsp3) is 0.370. The fourth-order valence-electron chi connectivity index (χ4n) is 5.74. The molecule has 0 radical (unpaired) electrons. The molecule has 2 aliphatic heterocycles. The predicted octanol–water partition coefficient (Wildman–Crippen LogP) is -0.633. The maximum atomic E-state index is 12.7. The lowest BCUT2D eigenvalue weighted by Crippen LogP contribution is -2.46. The highest BCUT2D eigenvalue weighted by Gasteiger charge is 2.51. The molecule has 1 aromatic carbocycles. The zero-order valence-corrected chi connectivity index (χ0v) is 29.8. The van der Waals surface area contributed by atoms with Crippen molar-refractivity contribution >= 4 is 46.4 Å². The van der Waals surface area contributed by atoms with Gasteiger partial charge in [0.2, 0.25) is 0 Å². The zero-order valence-electron chi connectivity index (χ0n) is 27.1. The van der Waals surface area contributed by atoms with E-state index < -0.39 is 91.7 Å². The SMILES string of the molecule is Nc1ncnc2c1ncn2[C@@H]1O[C@H](COP(=O)(O)OP(=O)(O)OC[C@H]2O[C@@H]([n+]3ccc(-c4ccccc4)c(C(=O)O)c3)[C@H](O)[C@@H]2O)[C@@H](O)[C@H]1OP(=O)(O)O. The van der Waals surface area contributed by atoms with Gasteiger partial charge >= 0.3 is 29.4 Å². The van der Waals surface area contributed by atoms with Gasteiger partial charge in [0.25, 0.3) is 6.23 Å². The second-order valence-electron chi connectivity index (χ2n) is 11.7. The van der Waals surface area contributed by atoms with E-state index in [0.717, 1.165) is 28.0 Å². The number of fused-ring (bicyclic) bond motifs is 1. The van der Waals surface area contributed by atoms with Crippen molar-refractivity contribution < 1.29 is 90.4 Å². The van der Waals surface area contributed by atoms with E-state index in [0.29, 0.717) is 11.1 Å². The van der Waals surface area contributed by atoms with Crippen LogP contribution in [0.4, 0.5) is 5.82 Å². The molecule has 6 rings (SSSR count). The minimum atomic E-state index is -5.57. The molecule has 0 bridgehead atoms. The number of phosphoric ester groups is 3. The van der Waals surface area contributed by atoms with Crippen LogP contribution < -0.4 is 10.3 Å². The number of phosphoric acid groups is 3. The van der Waals surface area contributed by atoms with Gasteiger partial charge in [-0.3, -0.25) is 18.1 Å². The number of rotatable bonds is 14. The van der Waals surface area contributed by atoms with Gasteiger partial charge in [-0.05, 0) is 5.56 Å². The van der Waals surface area contributed by atoms with Crippen molar-refractivity contribution in [3.8, 4) is 11.1 Å². The van der Waals surface area contributed by atoms with E-state index in [9.17, 15) is 58.5 Å². The molecule has 292 valence electrons. The number of aromatic carboxylic acids is 1. The van der Waals surface area contributed by atoms with E-state index in [2.05, 4.69) is 19.3 Å². The van der Waals surface area contributed by atoms with Crippen molar-refractivity contribution in [3.63, 3.8) is 0 Å². The second kappa shape index (κ2) is 15.5. The highest BCUT2D eigenvalue weighted by Crippen LogP contribution is 2.61. The van der Waals surface area contributed by atoms with Crippen molar-refractivity contribution in [1.82, 2.24) is 19.5 Å². The molecule has 0 aliphatic carbocycles. The molecule has 0 amide bonds. The Bertz CT molecular complexity index is 2160. The Morgan fingerprint density at radius 2 is 1.54 bits per heavy atom. The maximum absolute atomic E-state index is 12.7. The number of anilines is 1. The molecular formula is C27H32N6O18P3+. The summed E-state index contributed by atoms with van der Waals surface area (Å²) in [6, 6.07) is 10.00. The van der Waals surface area contributed by atoms with Gasteiger partial charge in [0.15, 0.2) is 36.2 Å². The molecule has 2 fully saturated rings.